The Labute approximate surface area is 132 Å². The molecule has 0 aliphatic heterocycles. The highest BCUT2D eigenvalue weighted by Gasteiger charge is 2.61. The first kappa shape index (κ1) is 17.2. The fourth-order valence-corrected chi connectivity index (χ4v) is 3.93. The lowest BCUT2D eigenvalue weighted by Gasteiger charge is -2.62. The van der Waals surface area contributed by atoms with Gasteiger partial charge in [0.05, 0.1) is 6.61 Å². The quantitative estimate of drug-likeness (QED) is 0.599. The molecule has 5 nitrogen and oxygen atoms in total. The number of carbonyl (C=O) groups is 1. The van der Waals surface area contributed by atoms with Crippen molar-refractivity contribution in [1.29, 1.82) is 0 Å². The maximum absolute atomic E-state index is 12.0. The summed E-state index contributed by atoms with van der Waals surface area (Å²) in [5, 5.41) is 20.9. The van der Waals surface area contributed by atoms with Gasteiger partial charge in [-0.05, 0) is 43.9 Å². The third-order valence-corrected chi connectivity index (χ3v) is 5.56. The van der Waals surface area contributed by atoms with Crippen LogP contribution in [0.1, 0.15) is 40.5 Å². The van der Waals surface area contributed by atoms with E-state index in [1.807, 2.05) is 0 Å². The van der Waals surface area contributed by atoms with Gasteiger partial charge >= 0.3 is 5.97 Å². The number of esters is 1. The van der Waals surface area contributed by atoms with Crippen LogP contribution in [0.15, 0.2) is 17.6 Å². The van der Waals surface area contributed by atoms with Crippen LogP contribution in [0.4, 0.5) is 0 Å². The van der Waals surface area contributed by atoms with Crippen LogP contribution in [-0.4, -0.2) is 46.2 Å². The topological polar surface area (TPSA) is 79.1 Å². The lowest BCUT2D eigenvalue weighted by molar-refractivity contribution is -0.147. The van der Waals surface area contributed by atoms with Gasteiger partial charge in [-0.2, -0.15) is 0 Å². The van der Waals surface area contributed by atoms with Crippen LogP contribution >= 0.6 is 0 Å². The molecule has 2 unspecified atom stereocenters. The Bertz CT molecular complexity index is 495. The molecule has 3 fully saturated rings. The molecule has 5 heteroatoms. The van der Waals surface area contributed by atoms with Crippen molar-refractivity contribution in [3.8, 4) is 0 Å². The Morgan fingerprint density at radius 3 is 2.64 bits per heavy atom. The highest BCUT2D eigenvalue weighted by Crippen LogP contribution is 2.61. The summed E-state index contributed by atoms with van der Waals surface area (Å²) in [5.41, 5.74) is -0.380. The molecule has 0 aromatic carbocycles. The number of aliphatic imine (C=N–C) groups is 1. The van der Waals surface area contributed by atoms with Gasteiger partial charge in [0.15, 0.2) is 6.04 Å². The molecule has 0 heterocycles. The molecule has 3 saturated carbocycles. The van der Waals surface area contributed by atoms with E-state index >= 15 is 0 Å². The van der Waals surface area contributed by atoms with Crippen LogP contribution in [0.25, 0.3) is 0 Å². The predicted octanol–water partition coefficient (Wildman–Crippen LogP) is 1.72. The third-order valence-electron chi connectivity index (χ3n) is 5.56. The molecule has 0 radical (unpaired) electrons. The van der Waals surface area contributed by atoms with E-state index in [4.69, 9.17) is 4.74 Å². The minimum atomic E-state index is -1.12. The van der Waals surface area contributed by atoms with Gasteiger partial charge in [-0.3, -0.25) is 4.99 Å². The maximum Gasteiger partial charge on any atom is 0.333 e. The van der Waals surface area contributed by atoms with Crippen LogP contribution in [-0.2, 0) is 9.53 Å². The number of nitrogens with zero attached hydrogens (tertiary/aromatic N) is 1. The number of ether oxygens (including phenoxy) is 1. The number of fused-ring (bicyclic) bond motifs is 2. The fraction of sp³-hybridized carbons (Fsp3) is 0.765. The van der Waals surface area contributed by atoms with Crippen molar-refractivity contribution in [2.75, 3.05) is 6.61 Å². The minimum Gasteiger partial charge on any atom is -0.464 e. The van der Waals surface area contributed by atoms with Crippen LogP contribution < -0.4 is 0 Å². The lowest BCUT2D eigenvalue weighted by atomic mass is 9.44. The predicted molar refractivity (Wildman–Crippen MR) is 84.7 cm³/mol. The summed E-state index contributed by atoms with van der Waals surface area (Å²) in [6.07, 6.45) is 1.78. The first-order valence-corrected chi connectivity index (χ1v) is 7.93. The summed E-state index contributed by atoms with van der Waals surface area (Å²) in [4.78, 5) is 16.4. The van der Waals surface area contributed by atoms with Crippen LogP contribution in [0, 0.1) is 17.3 Å². The zero-order valence-corrected chi connectivity index (χ0v) is 13.9. The SMILES string of the molecule is C=C[C@@H](O)[C@@H](N=C1CC2CC(C2(C)C)[C@@]1(C)O)C(=O)OCC. The van der Waals surface area contributed by atoms with E-state index < -0.39 is 23.7 Å². The van der Waals surface area contributed by atoms with Gasteiger partial charge in [0.1, 0.15) is 11.7 Å². The molecule has 22 heavy (non-hydrogen) atoms. The molecule has 2 bridgehead atoms. The number of carbonyl (C=O) groups excluding carboxylic acids is 1. The Hall–Kier alpha value is -1.20. The van der Waals surface area contributed by atoms with Crippen molar-refractivity contribution in [3.05, 3.63) is 12.7 Å². The number of rotatable bonds is 5. The van der Waals surface area contributed by atoms with Crippen molar-refractivity contribution in [3.63, 3.8) is 0 Å². The second-order valence-corrected chi connectivity index (χ2v) is 7.16. The van der Waals surface area contributed by atoms with Crippen molar-refractivity contribution >= 4 is 11.7 Å². The standard InChI is InChI=1S/C17H27NO4/c1-6-11(19)14(15(20)22-7-2)18-13-9-10-8-12(16(10,3)4)17(13,5)21/h6,10-12,14,19,21H,1,7-9H2,2-5H3/t10?,11-,12?,14-,17-/m1/s1. The normalized spacial score (nSPS) is 37.1. The summed E-state index contributed by atoms with van der Waals surface area (Å²) in [6, 6.07) is -1.06. The van der Waals surface area contributed by atoms with Gasteiger partial charge < -0.3 is 14.9 Å². The third kappa shape index (κ3) is 2.61. The van der Waals surface area contributed by atoms with Crippen LogP contribution in [0.5, 0.6) is 0 Å². The zero-order valence-electron chi connectivity index (χ0n) is 13.9. The Morgan fingerprint density at radius 2 is 2.18 bits per heavy atom. The van der Waals surface area contributed by atoms with Crippen molar-refractivity contribution in [2.45, 2.75) is 58.3 Å². The molecule has 3 rings (SSSR count). The van der Waals surface area contributed by atoms with Crippen molar-refractivity contribution < 1.29 is 19.7 Å². The largest absolute Gasteiger partial charge is 0.464 e. The van der Waals surface area contributed by atoms with Gasteiger partial charge in [0, 0.05) is 5.71 Å². The Morgan fingerprint density at radius 1 is 1.55 bits per heavy atom. The number of aliphatic hydroxyl groups is 2. The van der Waals surface area contributed by atoms with Gasteiger partial charge in [-0.25, -0.2) is 4.79 Å². The molecule has 3 aliphatic rings. The molecular weight excluding hydrogens is 282 g/mol. The Kier molecular flexibility index (Phi) is 4.51. The molecule has 0 aromatic heterocycles. The van der Waals surface area contributed by atoms with E-state index in [0.29, 0.717) is 18.1 Å². The van der Waals surface area contributed by atoms with Crippen LogP contribution in [0.3, 0.4) is 0 Å². The number of hydrogen-bond donors (Lipinski definition) is 2. The smallest absolute Gasteiger partial charge is 0.333 e. The molecule has 0 amide bonds. The molecular formula is C17H27NO4. The van der Waals surface area contributed by atoms with Crippen molar-refractivity contribution in [1.82, 2.24) is 0 Å². The van der Waals surface area contributed by atoms with E-state index in [1.54, 1.807) is 13.8 Å². The summed E-state index contributed by atoms with van der Waals surface area (Å²) in [5.74, 6) is -0.00174. The maximum atomic E-state index is 12.0. The highest BCUT2D eigenvalue weighted by atomic mass is 16.5. The monoisotopic (exact) mass is 309 g/mol. The van der Waals surface area contributed by atoms with E-state index in [0.717, 1.165) is 6.42 Å². The summed E-state index contributed by atoms with van der Waals surface area (Å²) in [6.45, 7) is 11.5. The second kappa shape index (κ2) is 5.78. The molecule has 3 aliphatic carbocycles. The van der Waals surface area contributed by atoms with E-state index in [9.17, 15) is 15.0 Å². The summed E-state index contributed by atoms with van der Waals surface area (Å²) in [7, 11) is 0. The van der Waals surface area contributed by atoms with Gasteiger partial charge in [-0.15, -0.1) is 6.58 Å². The van der Waals surface area contributed by atoms with Crippen LogP contribution in [0.2, 0.25) is 0 Å². The molecule has 2 N–H and O–H groups in total. The molecule has 124 valence electrons. The van der Waals surface area contributed by atoms with Gasteiger partial charge in [-0.1, -0.05) is 19.9 Å². The average Bonchev–Trinajstić information content (AvgIpc) is 2.44. The minimum absolute atomic E-state index is 0.0823. The molecule has 0 spiro atoms. The highest BCUT2D eigenvalue weighted by molar-refractivity contribution is 5.96. The first-order chi connectivity index (χ1) is 10.2. The van der Waals surface area contributed by atoms with E-state index in [1.165, 1.54) is 6.08 Å². The van der Waals surface area contributed by atoms with E-state index in [-0.39, 0.29) is 17.9 Å². The average molecular weight is 309 g/mol. The fourth-order valence-electron chi connectivity index (χ4n) is 3.93. The van der Waals surface area contributed by atoms with Gasteiger partial charge in [0.25, 0.3) is 0 Å². The number of hydrogen-bond acceptors (Lipinski definition) is 5. The first-order valence-electron chi connectivity index (χ1n) is 7.93. The lowest BCUT2D eigenvalue weighted by Crippen LogP contribution is -2.65. The van der Waals surface area contributed by atoms with Gasteiger partial charge in [0.2, 0.25) is 0 Å². The summed E-state index contributed by atoms with van der Waals surface area (Å²) >= 11 is 0. The van der Waals surface area contributed by atoms with Crippen molar-refractivity contribution in [2.24, 2.45) is 22.2 Å². The Balaban J connectivity index is 2.29. The number of aliphatic hydroxyl groups excluding tert-OH is 1. The van der Waals surface area contributed by atoms with E-state index in [2.05, 4.69) is 25.4 Å². The second-order valence-electron chi connectivity index (χ2n) is 7.16. The summed E-state index contributed by atoms with van der Waals surface area (Å²) < 4.78 is 4.98. The molecule has 0 aromatic rings. The molecule has 0 saturated heterocycles. The molecule has 5 atom stereocenters. The zero-order chi connectivity index (χ0) is 16.7.